The molecule has 1 aliphatic carbocycles. The highest BCUT2D eigenvalue weighted by Crippen LogP contribution is 2.31. The van der Waals surface area contributed by atoms with Crippen LogP contribution in [0, 0.1) is 6.92 Å². The van der Waals surface area contributed by atoms with E-state index in [0.29, 0.717) is 6.04 Å². The van der Waals surface area contributed by atoms with Crippen molar-refractivity contribution < 1.29 is 0 Å². The van der Waals surface area contributed by atoms with Crippen LogP contribution in [0.2, 0.25) is 0 Å². The van der Waals surface area contributed by atoms with Gasteiger partial charge in [0.05, 0.1) is 11.7 Å². The zero-order valence-corrected chi connectivity index (χ0v) is 12.2. The molecule has 21 heavy (non-hydrogen) atoms. The average molecular weight is 281 g/mol. The van der Waals surface area contributed by atoms with Crippen molar-refractivity contribution in [3.63, 3.8) is 0 Å². The first-order valence-corrected chi connectivity index (χ1v) is 7.69. The van der Waals surface area contributed by atoms with Crippen LogP contribution in [-0.4, -0.2) is 24.7 Å². The Hall–Kier alpha value is -2.17. The van der Waals surface area contributed by atoms with Gasteiger partial charge in [-0.3, -0.25) is 4.98 Å². The van der Waals surface area contributed by atoms with E-state index in [0.717, 1.165) is 28.4 Å². The standard InChI is InChI=1S/C16H19N5/c1-11-14-16(21(20-11)12-7-3-2-4-8-12)19-15(18-14)13-9-5-6-10-17-13/h5-6,9-10,12H,2-4,7-8H2,1H3,(H,18,19). The van der Waals surface area contributed by atoms with Gasteiger partial charge >= 0.3 is 0 Å². The minimum atomic E-state index is 0.495. The van der Waals surface area contributed by atoms with Crippen LogP contribution in [0.3, 0.4) is 0 Å². The molecule has 108 valence electrons. The van der Waals surface area contributed by atoms with Crippen molar-refractivity contribution in [3.05, 3.63) is 30.1 Å². The molecule has 3 aromatic rings. The van der Waals surface area contributed by atoms with Crippen LogP contribution in [-0.2, 0) is 0 Å². The van der Waals surface area contributed by atoms with Crippen molar-refractivity contribution in [2.24, 2.45) is 0 Å². The molecule has 0 amide bonds. The Morgan fingerprint density at radius 1 is 1.19 bits per heavy atom. The zero-order chi connectivity index (χ0) is 14.2. The van der Waals surface area contributed by atoms with E-state index < -0.39 is 0 Å². The van der Waals surface area contributed by atoms with E-state index in [-0.39, 0.29) is 0 Å². The molecule has 5 nitrogen and oxygen atoms in total. The van der Waals surface area contributed by atoms with Crippen molar-refractivity contribution in [2.45, 2.75) is 45.1 Å². The molecule has 4 rings (SSSR count). The van der Waals surface area contributed by atoms with Crippen LogP contribution in [0.25, 0.3) is 22.7 Å². The molecule has 0 bridgehead atoms. The van der Waals surface area contributed by atoms with E-state index in [1.165, 1.54) is 32.1 Å². The number of hydrogen-bond donors (Lipinski definition) is 1. The first-order valence-electron chi connectivity index (χ1n) is 7.69. The third kappa shape index (κ3) is 2.13. The molecule has 1 aliphatic rings. The van der Waals surface area contributed by atoms with Gasteiger partial charge in [0.15, 0.2) is 11.5 Å². The monoisotopic (exact) mass is 281 g/mol. The topological polar surface area (TPSA) is 59.4 Å². The van der Waals surface area contributed by atoms with Crippen molar-refractivity contribution in [1.82, 2.24) is 24.7 Å². The number of pyridine rings is 1. The molecule has 0 radical (unpaired) electrons. The molecule has 3 heterocycles. The van der Waals surface area contributed by atoms with E-state index in [2.05, 4.69) is 14.6 Å². The second-order valence-corrected chi connectivity index (χ2v) is 5.82. The molecule has 1 N–H and O–H groups in total. The van der Waals surface area contributed by atoms with Crippen LogP contribution in [0.1, 0.15) is 43.8 Å². The number of nitrogens with zero attached hydrogens (tertiary/aromatic N) is 4. The molecule has 3 aromatic heterocycles. The maximum absolute atomic E-state index is 4.76. The summed E-state index contributed by atoms with van der Waals surface area (Å²) in [4.78, 5) is 12.5. The molecule has 0 aromatic carbocycles. The third-order valence-corrected chi connectivity index (χ3v) is 4.35. The number of aromatic nitrogens is 5. The first-order chi connectivity index (χ1) is 10.3. The highest BCUT2D eigenvalue weighted by atomic mass is 15.3. The fourth-order valence-electron chi connectivity index (χ4n) is 3.25. The van der Waals surface area contributed by atoms with E-state index in [4.69, 9.17) is 10.1 Å². The second-order valence-electron chi connectivity index (χ2n) is 5.82. The Morgan fingerprint density at radius 2 is 2.05 bits per heavy atom. The van der Waals surface area contributed by atoms with E-state index in [9.17, 15) is 0 Å². The number of aromatic amines is 1. The number of fused-ring (bicyclic) bond motifs is 1. The number of rotatable bonds is 2. The lowest BCUT2D eigenvalue weighted by Gasteiger charge is -2.21. The fourth-order valence-corrected chi connectivity index (χ4v) is 3.25. The molecule has 0 unspecified atom stereocenters. The minimum absolute atomic E-state index is 0.495. The van der Waals surface area contributed by atoms with Gasteiger partial charge in [-0.25, -0.2) is 9.67 Å². The largest absolute Gasteiger partial charge is 0.334 e. The predicted molar refractivity (Wildman–Crippen MR) is 82.0 cm³/mol. The highest BCUT2D eigenvalue weighted by molar-refractivity contribution is 5.78. The summed E-state index contributed by atoms with van der Waals surface area (Å²) in [6.07, 6.45) is 8.15. The van der Waals surface area contributed by atoms with Gasteiger partial charge in [0, 0.05) is 6.20 Å². The van der Waals surface area contributed by atoms with Gasteiger partial charge < -0.3 is 4.98 Å². The molecule has 0 atom stereocenters. The van der Waals surface area contributed by atoms with E-state index in [1.807, 2.05) is 25.1 Å². The van der Waals surface area contributed by atoms with Gasteiger partial charge in [-0.1, -0.05) is 25.3 Å². The van der Waals surface area contributed by atoms with Gasteiger partial charge in [0.1, 0.15) is 11.2 Å². The van der Waals surface area contributed by atoms with E-state index >= 15 is 0 Å². The fraction of sp³-hybridized carbons (Fsp3) is 0.438. The summed E-state index contributed by atoms with van der Waals surface area (Å²) in [6.45, 7) is 2.04. The Balaban J connectivity index is 1.80. The van der Waals surface area contributed by atoms with Crippen molar-refractivity contribution >= 4 is 11.2 Å². The SMILES string of the molecule is Cc1nn(C2CCCCC2)c2nc(-c3ccccn3)[nH]c12. The number of H-pyrrole nitrogens is 1. The van der Waals surface area contributed by atoms with Crippen LogP contribution in [0.15, 0.2) is 24.4 Å². The van der Waals surface area contributed by atoms with Crippen LogP contribution >= 0.6 is 0 Å². The van der Waals surface area contributed by atoms with E-state index in [1.54, 1.807) is 6.20 Å². The summed E-state index contributed by atoms with van der Waals surface area (Å²) in [7, 11) is 0. The Bertz CT molecular complexity index is 750. The second kappa shape index (κ2) is 4.98. The summed E-state index contributed by atoms with van der Waals surface area (Å²) in [5.41, 5.74) is 3.91. The lowest BCUT2D eigenvalue weighted by Crippen LogP contribution is -2.14. The number of aryl methyl sites for hydroxylation is 1. The lowest BCUT2D eigenvalue weighted by atomic mass is 9.96. The first kappa shape index (κ1) is 12.6. The quantitative estimate of drug-likeness (QED) is 0.780. The lowest BCUT2D eigenvalue weighted by molar-refractivity contribution is 0.335. The molecule has 0 aliphatic heterocycles. The summed E-state index contributed by atoms with van der Waals surface area (Å²) in [5, 5.41) is 4.71. The predicted octanol–water partition coefficient (Wildman–Crippen LogP) is 3.64. The molecular weight excluding hydrogens is 262 g/mol. The summed E-state index contributed by atoms with van der Waals surface area (Å²) in [6, 6.07) is 6.37. The maximum Gasteiger partial charge on any atom is 0.177 e. The van der Waals surface area contributed by atoms with Crippen molar-refractivity contribution in [3.8, 4) is 11.5 Å². The van der Waals surface area contributed by atoms with Crippen molar-refractivity contribution in [1.29, 1.82) is 0 Å². The van der Waals surface area contributed by atoms with Gasteiger partial charge in [0.25, 0.3) is 0 Å². The van der Waals surface area contributed by atoms with Crippen LogP contribution in [0.4, 0.5) is 0 Å². The average Bonchev–Trinajstić information content (AvgIpc) is 3.10. The molecular formula is C16H19N5. The molecule has 1 saturated carbocycles. The highest BCUT2D eigenvalue weighted by Gasteiger charge is 2.22. The Kier molecular flexibility index (Phi) is 2.98. The Labute approximate surface area is 123 Å². The number of nitrogens with one attached hydrogen (secondary N) is 1. The zero-order valence-electron chi connectivity index (χ0n) is 12.2. The summed E-state index contributed by atoms with van der Waals surface area (Å²) < 4.78 is 2.13. The molecule has 1 fully saturated rings. The van der Waals surface area contributed by atoms with Gasteiger partial charge in [-0.2, -0.15) is 5.10 Å². The van der Waals surface area contributed by atoms with Crippen LogP contribution < -0.4 is 0 Å². The number of hydrogen-bond acceptors (Lipinski definition) is 3. The van der Waals surface area contributed by atoms with Gasteiger partial charge in [0.2, 0.25) is 0 Å². The van der Waals surface area contributed by atoms with Crippen molar-refractivity contribution in [2.75, 3.05) is 0 Å². The van der Waals surface area contributed by atoms with Crippen LogP contribution in [0.5, 0.6) is 0 Å². The van der Waals surface area contributed by atoms with Gasteiger partial charge in [-0.05, 0) is 31.9 Å². The smallest absolute Gasteiger partial charge is 0.177 e. The Morgan fingerprint density at radius 3 is 2.81 bits per heavy atom. The van der Waals surface area contributed by atoms with Gasteiger partial charge in [-0.15, -0.1) is 0 Å². The summed E-state index contributed by atoms with van der Waals surface area (Å²) >= 11 is 0. The molecule has 0 saturated heterocycles. The normalized spacial score (nSPS) is 16.6. The summed E-state index contributed by atoms with van der Waals surface area (Å²) in [5.74, 6) is 0.829. The minimum Gasteiger partial charge on any atom is -0.334 e. The molecule has 0 spiro atoms. The number of imidazole rings is 1. The maximum atomic E-state index is 4.76. The third-order valence-electron chi connectivity index (χ3n) is 4.35. The molecule has 5 heteroatoms.